The Morgan fingerprint density at radius 1 is 0.288 bits per heavy atom. The Morgan fingerprint density at radius 2 is 0.644 bits per heavy atom. The summed E-state index contributed by atoms with van der Waals surface area (Å²) in [6, 6.07) is 82.8. The molecule has 280 valence electrons. The number of benzene rings is 9. The zero-order valence-electron chi connectivity index (χ0n) is 33.3. The zero-order valence-corrected chi connectivity index (χ0v) is 33.3. The smallest absolute Gasteiger partial charge is 0.0720 e. The van der Waals surface area contributed by atoms with Crippen LogP contribution in [0.15, 0.2) is 224 Å². The van der Waals surface area contributed by atoms with E-state index in [9.17, 15) is 0 Å². The van der Waals surface area contributed by atoms with Crippen molar-refractivity contribution in [3.8, 4) is 44.5 Å². The molecule has 9 aromatic carbocycles. The highest BCUT2D eigenvalue weighted by atomic mass is 15.1. The van der Waals surface area contributed by atoms with E-state index in [1.807, 2.05) is 0 Å². The van der Waals surface area contributed by atoms with Crippen LogP contribution in [0.5, 0.6) is 0 Å². The van der Waals surface area contributed by atoms with Gasteiger partial charge < -0.3 is 4.90 Å². The van der Waals surface area contributed by atoms with Crippen LogP contribution in [0.1, 0.15) is 47.2 Å². The minimum atomic E-state index is -0.469. The van der Waals surface area contributed by atoms with Crippen molar-refractivity contribution in [2.24, 2.45) is 0 Å². The molecule has 0 N–H and O–H groups in total. The summed E-state index contributed by atoms with van der Waals surface area (Å²) in [7, 11) is 0. The standard InChI is InChI=1S/C58H43N/c1-57(2)50-22-11-13-24-52(50)58(53-25-14-12-23-51(53)57)49-21-10-9-20-48(49)56-54(58)26-15-27-55(56)59(46-36-32-44(33-37-46)41-18-7-4-8-19-41)47-38-34-45(35-39-47)43-30-28-42(29-31-43)40-16-5-3-6-17-40/h3-39H,1-2H3. The molecular weight excluding hydrogens is 711 g/mol. The molecule has 2 aliphatic rings. The highest BCUT2D eigenvalue weighted by Gasteiger charge is 2.53. The van der Waals surface area contributed by atoms with E-state index in [2.05, 4.69) is 243 Å². The van der Waals surface area contributed by atoms with Gasteiger partial charge in [-0.2, -0.15) is 0 Å². The maximum Gasteiger partial charge on any atom is 0.0720 e. The molecule has 0 unspecified atom stereocenters. The minimum absolute atomic E-state index is 0.149. The van der Waals surface area contributed by atoms with Crippen LogP contribution in [0, 0.1) is 0 Å². The van der Waals surface area contributed by atoms with Crippen molar-refractivity contribution in [2.45, 2.75) is 24.7 Å². The third-order valence-electron chi connectivity index (χ3n) is 13.0. The SMILES string of the molecule is CC1(C)c2ccccc2C2(c3ccccc3-c3c(N(c4ccc(-c5ccccc5)cc4)c4ccc(-c5ccc(-c6ccccc6)cc5)cc4)cccc32)c2ccccc21. The van der Waals surface area contributed by atoms with Crippen molar-refractivity contribution in [3.05, 3.63) is 258 Å². The van der Waals surface area contributed by atoms with E-state index in [1.54, 1.807) is 0 Å². The summed E-state index contributed by atoms with van der Waals surface area (Å²) in [5.74, 6) is 0. The van der Waals surface area contributed by atoms with Crippen LogP contribution < -0.4 is 4.90 Å². The monoisotopic (exact) mass is 753 g/mol. The third kappa shape index (κ3) is 5.39. The lowest BCUT2D eigenvalue weighted by Gasteiger charge is -2.46. The first kappa shape index (κ1) is 35.0. The molecule has 0 amide bonds. The second-order valence-electron chi connectivity index (χ2n) is 16.5. The summed E-state index contributed by atoms with van der Waals surface area (Å²) in [4.78, 5) is 2.47. The van der Waals surface area contributed by atoms with Gasteiger partial charge in [0.1, 0.15) is 0 Å². The minimum Gasteiger partial charge on any atom is -0.310 e. The maximum absolute atomic E-state index is 2.47. The molecule has 1 spiro atoms. The normalized spacial score (nSPS) is 13.9. The van der Waals surface area contributed by atoms with Crippen LogP contribution in [0.25, 0.3) is 44.5 Å². The van der Waals surface area contributed by atoms with Crippen LogP contribution in [0.4, 0.5) is 17.1 Å². The second kappa shape index (κ2) is 13.7. The maximum atomic E-state index is 2.47. The molecular formula is C58H43N. The van der Waals surface area contributed by atoms with E-state index >= 15 is 0 Å². The molecule has 0 radical (unpaired) electrons. The molecule has 1 nitrogen and oxygen atoms in total. The Morgan fingerprint density at radius 3 is 1.12 bits per heavy atom. The quantitative estimate of drug-likeness (QED) is 0.163. The summed E-state index contributed by atoms with van der Waals surface area (Å²) >= 11 is 0. The molecule has 2 aliphatic carbocycles. The van der Waals surface area contributed by atoms with Crippen LogP contribution >= 0.6 is 0 Å². The van der Waals surface area contributed by atoms with Crippen LogP contribution in [-0.2, 0) is 10.8 Å². The molecule has 0 saturated carbocycles. The predicted octanol–water partition coefficient (Wildman–Crippen LogP) is 15.2. The Balaban J connectivity index is 1.11. The third-order valence-corrected chi connectivity index (χ3v) is 13.0. The number of nitrogens with zero attached hydrogens (tertiary/aromatic N) is 1. The Hall–Kier alpha value is -7.22. The molecule has 9 aromatic rings. The molecule has 59 heavy (non-hydrogen) atoms. The molecule has 0 heterocycles. The van der Waals surface area contributed by atoms with Crippen molar-refractivity contribution in [1.29, 1.82) is 0 Å². The van der Waals surface area contributed by atoms with Gasteiger partial charge in [-0.05, 0) is 103 Å². The van der Waals surface area contributed by atoms with Crippen LogP contribution in [0.3, 0.4) is 0 Å². The summed E-state index contributed by atoms with van der Waals surface area (Å²) in [6.07, 6.45) is 0. The van der Waals surface area contributed by atoms with Crippen molar-refractivity contribution < 1.29 is 0 Å². The number of anilines is 3. The van der Waals surface area contributed by atoms with Crippen molar-refractivity contribution in [3.63, 3.8) is 0 Å². The van der Waals surface area contributed by atoms with Gasteiger partial charge in [-0.25, -0.2) is 0 Å². The number of hydrogen-bond donors (Lipinski definition) is 0. The summed E-state index contributed by atoms with van der Waals surface area (Å²) in [5.41, 5.74) is 20.7. The molecule has 0 aromatic heterocycles. The predicted molar refractivity (Wildman–Crippen MR) is 247 cm³/mol. The molecule has 0 fully saturated rings. The Labute approximate surface area is 347 Å². The van der Waals surface area contributed by atoms with Gasteiger partial charge in [0, 0.05) is 22.4 Å². The fraction of sp³-hybridized carbons (Fsp3) is 0.0690. The molecule has 0 bridgehead atoms. The van der Waals surface area contributed by atoms with Crippen LogP contribution in [0.2, 0.25) is 0 Å². The molecule has 0 saturated heterocycles. The average molecular weight is 754 g/mol. The van der Waals surface area contributed by atoms with Gasteiger partial charge in [0.2, 0.25) is 0 Å². The molecule has 0 aliphatic heterocycles. The van der Waals surface area contributed by atoms with Gasteiger partial charge >= 0.3 is 0 Å². The largest absolute Gasteiger partial charge is 0.310 e. The second-order valence-corrected chi connectivity index (χ2v) is 16.5. The van der Waals surface area contributed by atoms with E-state index in [4.69, 9.17) is 0 Å². The summed E-state index contributed by atoms with van der Waals surface area (Å²) in [5, 5.41) is 0. The zero-order chi connectivity index (χ0) is 39.6. The van der Waals surface area contributed by atoms with Gasteiger partial charge in [-0.1, -0.05) is 208 Å². The Bertz CT molecular complexity index is 2930. The van der Waals surface area contributed by atoms with Crippen LogP contribution in [-0.4, -0.2) is 0 Å². The van der Waals surface area contributed by atoms with E-state index in [-0.39, 0.29) is 5.41 Å². The van der Waals surface area contributed by atoms with Crippen molar-refractivity contribution >= 4 is 17.1 Å². The highest BCUT2D eigenvalue weighted by Crippen LogP contribution is 2.64. The topological polar surface area (TPSA) is 3.24 Å². The first-order chi connectivity index (χ1) is 29.0. The number of hydrogen-bond acceptors (Lipinski definition) is 1. The molecule has 0 atom stereocenters. The molecule has 11 rings (SSSR count). The van der Waals surface area contributed by atoms with E-state index in [0.29, 0.717) is 0 Å². The first-order valence-corrected chi connectivity index (χ1v) is 20.7. The fourth-order valence-corrected chi connectivity index (χ4v) is 10.2. The lowest BCUT2D eigenvalue weighted by molar-refractivity contribution is 0.563. The van der Waals surface area contributed by atoms with Gasteiger partial charge in [0.15, 0.2) is 0 Å². The lowest BCUT2D eigenvalue weighted by atomic mass is 9.55. The highest BCUT2D eigenvalue weighted by molar-refractivity contribution is 5.98. The first-order valence-electron chi connectivity index (χ1n) is 20.7. The number of fused-ring (bicyclic) bond motifs is 9. The lowest BCUT2D eigenvalue weighted by Crippen LogP contribution is -2.40. The Kier molecular flexibility index (Phi) is 8.13. The van der Waals surface area contributed by atoms with E-state index in [0.717, 1.165) is 11.4 Å². The molecule has 1 heteroatoms. The summed E-state index contributed by atoms with van der Waals surface area (Å²) < 4.78 is 0. The van der Waals surface area contributed by atoms with Crippen molar-refractivity contribution in [2.75, 3.05) is 4.90 Å². The average Bonchev–Trinajstić information content (AvgIpc) is 3.61. The van der Waals surface area contributed by atoms with Gasteiger partial charge in [0.25, 0.3) is 0 Å². The van der Waals surface area contributed by atoms with E-state index in [1.165, 1.54) is 83.6 Å². The van der Waals surface area contributed by atoms with Gasteiger partial charge in [-0.15, -0.1) is 0 Å². The van der Waals surface area contributed by atoms with E-state index < -0.39 is 5.41 Å². The fourth-order valence-electron chi connectivity index (χ4n) is 10.2. The summed E-state index contributed by atoms with van der Waals surface area (Å²) in [6.45, 7) is 4.77. The van der Waals surface area contributed by atoms with Crippen molar-refractivity contribution in [1.82, 2.24) is 0 Å². The van der Waals surface area contributed by atoms with Gasteiger partial charge in [-0.3, -0.25) is 0 Å². The van der Waals surface area contributed by atoms with Gasteiger partial charge in [0.05, 0.1) is 11.1 Å². The number of rotatable bonds is 6.